The van der Waals surface area contributed by atoms with Crippen molar-refractivity contribution < 1.29 is 19.5 Å². The van der Waals surface area contributed by atoms with Gasteiger partial charge in [0, 0.05) is 20.0 Å². The van der Waals surface area contributed by atoms with Gasteiger partial charge in [-0.15, -0.1) is 0 Å². The summed E-state index contributed by atoms with van der Waals surface area (Å²) in [4.78, 5) is 33.0. The summed E-state index contributed by atoms with van der Waals surface area (Å²) >= 11 is 0. The van der Waals surface area contributed by atoms with Crippen LogP contribution in [0.25, 0.3) is 0 Å². The van der Waals surface area contributed by atoms with E-state index in [0.29, 0.717) is 6.42 Å². The van der Waals surface area contributed by atoms with Gasteiger partial charge in [0.25, 0.3) is 0 Å². The molecule has 100 valence electrons. The van der Waals surface area contributed by atoms with Crippen molar-refractivity contribution >= 4 is 17.9 Å². The van der Waals surface area contributed by atoms with Crippen LogP contribution in [0.2, 0.25) is 0 Å². The summed E-state index contributed by atoms with van der Waals surface area (Å²) in [6.45, 7) is 0.240. The van der Waals surface area contributed by atoms with Crippen LogP contribution < -0.4 is 16.0 Å². The monoisotopic (exact) mass is 255 g/mol. The molecule has 0 aromatic carbocycles. The van der Waals surface area contributed by atoms with Gasteiger partial charge in [-0.1, -0.05) is 12.2 Å². The molecule has 3 amide bonds. The average Bonchev–Trinajstić information content (AvgIpc) is 2.77. The zero-order valence-corrected chi connectivity index (χ0v) is 10.1. The third-order valence-electron chi connectivity index (χ3n) is 2.63. The van der Waals surface area contributed by atoms with Gasteiger partial charge in [0.1, 0.15) is 0 Å². The molecule has 0 aromatic rings. The molecule has 0 fully saturated rings. The highest BCUT2D eigenvalue weighted by Gasteiger charge is 2.25. The van der Waals surface area contributed by atoms with Crippen molar-refractivity contribution in [2.45, 2.75) is 18.9 Å². The fourth-order valence-corrected chi connectivity index (χ4v) is 1.62. The Labute approximate surface area is 105 Å². The van der Waals surface area contributed by atoms with Crippen LogP contribution >= 0.6 is 0 Å². The number of urea groups is 1. The zero-order valence-electron chi connectivity index (χ0n) is 10.1. The molecule has 0 aromatic heterocycles. The lowest BCUT2D eigenvalue weighted by Gasteiger charge is -2.12. The zero-order chi connectivity index (χ0) is 13.5. The van der Waals surface area contributed by atoms with Crippen LogP contribution in [0, 0.1) is 5.92 Å². The van der Waals surface area contributed by atoms with Crippen molar-refractivity contribution in [1.82, 2.24) is 16.0 Å². The highest BCUT2D eigenvalue weighted by molar-refractivity contribution is 5.78. The standard InChI is InChI=1S/C11H17N3O4/c1-12-9(15)4-5-13-11(18)14-8-3-2-7(6-8)10(16)17/h2-3,7-8H,4-6H2,1H3,(H,12,15)(H,16,17)(H2,13,14,18). The molecule has 0 saturated carbocycles. The van der Waals surface area contributed by atoms with Gasteiger partial charge in [-0.25, -0.2) is 4.79 Å². The molecule has 2 unspecified atom stereocenters. The van der Waals surface area contributed by atoms with Crippen LogP contribution in [-0.4, -0.2) is 42.6 Å². The number of nitrogens with one attached hydrogen (secondary N) is 3. The lowest BCUT2D eigenvalue weighted by atomic mass is 10.1. The predicted molar refractivity (Wildman–Crippen MR) is 63.9 cm³/mol. The van der Waals surface area contributed by atoms with Crippen molar-refractivity contribution in [3.63, 3.8) is 0 Å². The topological polar surface area (TPSA) is 108 Å². The minimum atomic E-state index is -0.893. The van der Waals surface area contributed by atoms with E-state index in [1.54, 1.807) is 12.2 Å². The van der Waals surface area contributed by atoms with E-state index >= 15 is 0 Å². The summed E-state index contributed by atoms with van der Waals surface area (Å²) in [6, 6.07) is -0.675. The number of hydrogen-bond donors (Lipinski definition) is 4. The first-order chi connectivity index (χ1) is 8.52. The third kappa shape index (κ3) is 4.44. The fourth-order valence-electron chi connectivity index (χ4n) is 1.62. The molecule has 0 saturated heterocycles. The minimum Gasteiger partial charge on any atom is -0.481 e. The molecule has 0 heterocycles. The van der Waals surface area contributed by atoms with Crippen molar-refractivity contribution in [3.8, 4) is 0 Å². The molecule has 2 atom stereocenters. The average molecular weight is 255 g/mol. The number of carboxylic acids is 1. The summed E-state index contributed by atoms with van der Waals surface area (Å²) in [5.74, 6) is -1.58. The van der Waals surface area contributed by atoms with E-state index in [2.05, 4.69) is 16.0 Å². The molecule has 1 rings (SSSR count). The molecule has 0 aliphatic heterocycles. The lowest BCUT2D eigenvalue weighted by molar-refractivity contribution is -0.140. The number of carboxylic acid groups (broad SMARTS) is 1. The van der Waals surface area contributed by atoms with E-state index in [1.807, 2.05) is 0 Å². The Hall–Kier alpha value is -2.05. The SMILES string of the molecule is CNC(=O)CCNC(=O)NC1C=CC(C(=O)O)C1. The van der Waals surface area contributed by atoms with E-state index in [0.717, 1.165) is 0 Å². The Bertz CT molecular complexity index is 367. The second kappa shape index (κ2) is 6.63. The van der Waals surface area contributed by atoms with Gasteiger partial charge in [-0.2, -0.15) is 0 Å². The molecule has 1 aliphatic carbocycles. The first-order valence-corrected chi connectivity index (χ1v) is 5.69. The summed E-state index contributed by atoms with van der Waals surface area (Å²) < 4.78 is 0. The van der Waals surface area contributed by atoms with Crippen molar-refractivity contribution in [3.05, 3.63) is 12.2 Å². The molecule has 0 spiro atoms. The summed E-state index contributed by atoms with van der Waals surface area (Å²) in [7, 11) is 1.53. The van der Waals surface area contributed by atoms with E-state index < -0.39 is 17.9 Å². The molecule has 7 nitrogen and oxygen atoms in total. The summed E-state index contributed by atoms with van der Waals surface area (Å²) in [5, 5.41) is 16.4. The Morgan fingerprint density at radius 3 is 2.61 bits per heavy atom. The van der Waals surface area contributed by atoms with Crippen molar-refractivity contribution in [2.24, 2.45) is 5.92 Å². The van der Waals surface area contributed by atoms with Crippen molar-refractivity contribution in [1.29, 1.82) is 0 Å². The van der Waals surface area contributed by atoms with Gasteiger partial charge in [0.05, 0.1) is 12.0 Å². The number of amides is 3. The maximum atomic E-state index is 11.4. The predicted octanol–water partition coefficient (Wildman–Crippen LogP) is -0.549. The minimum absolute atomic E-state index is 0.151. The summed E-state index contributed by atoms with van der Waals surface area (Å²) in [5.41, 5.74) is 0. The van der Waals surface area contributed by atoms with Crippen LogP contribution in [0.1, 0.15) is 12.8 Å². The highest BCUT2D eigenvalue weighted by Crippen LogP contribution is 2.17. The van der Waals surface area contributed by atoms with Crippen LogP contribution in [0.15, 0.2) is 12.2 Å². The van der Waals surface area contributed by atoms with Gasteiger partial charge < -0.3 is 21.1 Å². The molecular weight excluding hydrogens is 238 g/mol. The lowest BCUT2D eigenvalue weighted by Crippen LogP contribution is -2.42. The number of hydrogen-bond acceptors (Lipinski definition) is 3. The first kappa shape index (κ1) is 14.0. The second-order valence-electron chi connectivity index (χ2n) is 4.00. The Morgan fingerprint density at radius 1 is 1.33 bits per heavy atom. The molecule has 1 aliphatic rings. The molecular formula is C11H17N3O4. The van der Waals surface area contributed by atoms with Crippen LogP contribution in [0.3, 0.4) is 0 Å². The van der Waals surface area contributed by atoms with E-state index in [1.165, 1.54) is 7.05 Å². The second-order valence-corrected chi connectivity index (χ2v) is 4.00. The number of carbonyl (C=O) groups is 3. The molecule has 7 heteroatoms. The highest BCUT2D eigenvalue weighted by atomic mass is 16.4. The van der Waals surface area contributed by atoms with Crippen molar-refractivity contribution in [2.75, 3.05) is 13.6 Å². The van der Waals surface area contributed by atoms with E-state index in [-0.39, 0.29) is 24.9 Å². The quantitative estimate of drug-likeness (QED) is 0.494. The van der Waals surface area contributed by atoms with Gasteiger partial charge in [0.2, 0.25) is 5.91 Å². The number of aliphatic carboxylic acids is 1. The number of carbonyl (C=O) groups excluding carboxylic acids is 2. The van der Waals surface area contributed by atoms with Crippen LogP contribution in [0.5, 0.6) is 0 Å². The molecule has 0 radical (unpaired) electrons. The largest absolute Gasteiger partial charge is 0.481 e. The first-order valence-electron chi connectivity index (χ1n) is 5.69. The third-order valence-corrected chi connectivity index (χ3v) is 2.63. The maximum absolute atomic E-state index is 11.4. The van der Waals surface area contributed by atoms with Crippen LogP contribution in [-0.2, 0) is 9.59 Å². The van der Waals surface area contributed by atoms with Gasteiger partial charge in [0.15, 0.2) is 0 Å². The maximum Gasteiger partial charge on any atom is 0.315 e. The molecule has 0 bridgehead atoms. The van der Waals surface area contributed by atoms with Gasteiger partial charge in [-0.05, 0) is 6.42 Å². The number of rotatable bonds is 5. The summed E-state index contributed by atoms with van der Waals surface area (Å²) in [6.07, 6.45) is 3.80. The Kier molecular flexibility index (Phi) is 5.16. The van der Waals surface area contributed by atoms with E-state index in [9.17, 15) is 14.4 Å². The Balaban J connectivity index is 2.20. The van der Waals surface area contributed by atoms with E-state index in [4.69, 9.17) is 5.11 Å². The normalized spacial score (nSPS) is 21.4. The fraction of sp³-hybridized carbons (Fsp3) is 0.545. The van der Waals surface area contributed by atoms with Crippen LogP contribution in [0.4, 0.5) is 4.79 Å². The molecule has 4 N–H and O–H groups in total. The van der Waals surface area contributed by atoms with Gasteiger partial charge >= 0.3 is 12.0 Å². The smallest absolute Gasteiger partial charge is 0.315 e. The van der Waals surface area contributed by atoms with Gasteiger partial charge in [-0.3, -0.25) is 9.59 Å². The molecule has 18 heavy (non-hydrogen) atoms. The Morgan fingerprint density at radius 2 is 2.06 bits per heavy atom.